The number of benzene rings is 2. The Balaban J connectivity index is 1.71. The number of nitrogens with zero attached hydrogens (tertiary/aromatic N) is 4. The van der Waals surface area contributed by atoms with Crippen molar-refractivity contribution in [2.24, 2.45) is 0 Å². The lowest BCUT2D eigenvalue weighted by Gasteiger charge is -2.20. The summed E-state index contributed by atoms with van der Waals surface area (Å²) < 4.78 is 1.31. The lowest BCUT2D eigenvalue weighted by molar-refractivity contribution is -0.119. The van der Waals surface area contributed by atoms with Gasteiger partial charge in [-0.25, -0.2) is 4.98 Å². The van der Waals surface area contributed by atoms with Crippen molar-refractivity contribution < 1.29 is 4.79 Å². The van der Waals surface area contributed by atoms with E-state index >= 15 is 0 Å². The van der Waals surface area contributed by atoms with Gasteiger partial charge in [-0.2, -0.15) is 5.26 Å². The largest absolute Gasteiger partial charge is 0.297 e. The summed E-state index contributed by atoms with van der Waals surface area (Å²) in [5.74, 6) is -0.349. The molecular weight excluding hydrogens is 396 g/mol. The Labute approximate surface area is 177 Å². The SMILES string of the molecule is Cc1ccc(-c2csc3ncn(CC(=O)N(CC#N)c4ccccc4)c(=O)c23)cc1. The van der Waals surface area contributed by atoms with Gasteiger partial charge < -0.3 is 0 Å². The van der Waals surface area contributed by atoms with Crippen LogP contribution in [0.4, 0.5) is 5.69 Å². The molecule has 2 aromatic heterocycles. The minimum Gasteiger partial charge on any atom is -0.297 e. The number of hydrogen-bond acceptors (Lipinski definition) is 5. The first kappa shape index (κ1) is 19.6. The maximum Gasteiger partial charge on any atom is 0.263 e. The Morgan fingerprint density at radius 2 is 1.90 bits per heavy atom. The van der Waals surface area contributed by atoms with Crippen LogP contribution in [0.15, 0.2) is 71.1 Å². The number of nitriles is 1. The second kappa shape index (κ2) is 8.31. The van der Waals surface area contributed by atoms with E-state index in [0.29, 0.717) is 15.9 Å². The molecule has 0 radical (unpaired) electrons. The fraction of sp³-hybridized carbons (Fsp3) is 0.130. The molecule has 0 saturated heterocycles. The highest BCUT2D eigenvalue weighted by Gasteiger charge is 2.19. The lowest BCUT2D eigenvalue weighted by Crippen LogP contribution is -2.37. The van der Waals surface area contributed by atoms with Crippen LogP contribution in [0.3, 0.4) is 0 Å². The molecule has 30 heavy (non-hydrogen) atoms. The maximum atomic E-state index is 13.2. The Bertz CT molecular complexity index is 1300. The highest BCUT2D eigenvalue weighted by molar-refractivity contribution is 7.17. The van der Waals surface area contributed by atoms with Gasteiger partial charge in [-0.3, -0.25) is 19.1 Å². The second-order valence-electron chi connectivity index (χ2n) is 6.85. The van der Waals surface area contributed by atoms with Gasteiger partial charge in [0.1, 0.15) is 17.9 Å². The molecule has 6 nitrogen and oxygen atoms in total. The van der Waals surface area contributed by atoms with Crippen LogP contribution in [0.25, 0.3) is 21.3 Å². The van der Waals surface area contributed by atoms with E-state index in [1.54, 1.807) is 24.3 Å². The number of amides is 1. The van der Waals surface area contributed by atoms with E-state index in [0.717, 1.165) is 16.7 Å². The minimum absolute atomic E-state index is 0.0969. The van der Waals surface area contributed by atoms with E-state index in [1.165, 1.54) is 27.1 Å². The van der Waals surface area contributed by atoms with Gasteiger partial charge in [0.15, 0.2) is 0 Å². The minimum atomic E-state index is -0.349. The zero-order valence-corrected chi connectivity index (χ0v) is 17.1. The van der Waals surface area contributed by atoms with Crippen LogP contribution in [0.1, 0.15) is 5.56 Å². The molecule has 7 heteroatoms. The highest BCUT2D eigenvalue weighted by Crippen LogP contribution is 2.30. The normalized spacial score (nSPS) is 10.7. The van der Waals surface area contributed by atoms with Gasteiger partial charge in [0.25, 0.3) is 5.56 Å². The molecule has 0 aliphatic heterocycles. The lowest BCUT2D eigenvalue weighted by atomic mass is 10.1. The number of hydrogen-bond donors (Lipinski definition) is 0. The topological polar surface area (TPSA) is 79.0 Å². The molecule has 148 valence electrons. The van der Waals surface area contributed by atoms with Crippen LogP contribution in [-0.4, -0.2) is 22.0 Å². The number of carbonyl (C=O) groups excluding carboxylic acids is 1. The third-order valence-corrected chi connectivity index (χ3v) is 5.71. The summed E-state index contributed by atoms with van der Waals surface area (Å²) in [6.45, 7) is 1.72. The maximum absolute atomic E-state index is 13.2. The Kier molecular flexibility index (Phi) is 5.42. The van der Waals surface area contributed by atoms with E-state index in [2.05, 4.69) is 4.98 Å². The van der Waals surface area contributed by atoms with Crippen LogP contribution in [0.5, 0.6) is 0 Å². The van der Waals surface area contributed by atoms with Gasteiger partial charge in [-0.1, -0.05) is 48.0 Å². The van der Waals surface area contributed by atoms with E-state index in [-0.39, 0.29) is 24.6 Å². The van der Waals surface area contributed by atoms with Crippen molar-refractivity contribution in [3.05, 3.63) is 82.2 Å². The number of fused-ring (bicyclic) bond motifs is 1. The second-order valence-corrected chi connectivity index (χ2v) is 7.70. The predicted molar refractivity (Wildman–Crippen MR) is 118 cm³/mol. The van der Waals surface area contributed by atoms with Gasteiger partial charge in [-0.05, 0) is 24.6 Å². The highest BCUT2D eigenvalue weighted by atomic mass is 32.1. The van der Waals surface area contributed by atoms with Gasteiger partial charge in [-0.15, -0.1) is 11.3 Å². The monoisotopic (exact) mass is 414 g/mol. The molecule has 4 aromatic rings. The summed E-state index contributed by atoms with van der Waals surface area (Å²) in [5, 5.41) is 11.6. The fourth-order valence-corrected chi connectivity index (χ4v) is 4.17. The molecule has 0 aliphatic carbocycles. The number of aryl methyl sites for hydroxylation is 1. The quantitative estimate of drug-likeness (QED) is 0.463. The Morgan fingerprint density at radius 3 is 2.60 bits per heavy atom. The number of anilines is 1. The van der Waals surface area contributed by atoms with Gasteiger partial charge in [0.05, 0.1) is 17.8 Å². The summed E-state index contributed by atoms with van der Waals surface area (Å²) in [5.41, 5.74) is 3.23. The van der Waals surface area contributed by atoms with Crippen molar-refractivity contribution in [3.8, 4) is 17.2 Å². The molecule has 0 saturated carbocycles. The molecule has 0 fully saturated rings. The van der Waals surface area contributed by atoms with Gasteiger partial charge in [0, 0.05) is 16.6 Å². The molecule has 2 heterocycles. The van der Waals surface area contributed by atoms with Crippen LogP contribution in [0, 0.1) is 18.3 Å². The summed E-state index contributed by atoms with van der Waals surface area (Å²) in [6.07, 6.45) is 1.40. The van der Waals surface area contributed by atoms with Crippen molar-refractivity contribution in [1.82, 2.24) is 9.55 Å². The third kappa shape index (κ3) is 3.73. The van der Waals surface area contributed by atoms with Crippen molar-refractivity contribution in [3.63, 3.8) is 0 Å². The summed E-state index contributed by atoms with van der Waals surface area (Å²) in [7, 11) is 0. The number of aromatic nitrogens is 2. The van der Waals surface area contributed by atoms with Gasteiger partial charge >= 0.3 is 0 Å². The average Bonchev–Trinajstić information content (AvgIpc) is 3.20. The average molecular weight is 414 g/mol. The molecule has 0 unspecified atom stereocenters. The number of thiophene rings is 1. The van der Waals surface area contributed by atoms with Crippen molar-refractivity contribution in [1.29, 1.82) is 5.26 Å². The van der Waals surface area contributed by atoms with E-state index < -0.39 is 0 Å². The van der Waals surface area contributed by atoms with Crippen molar-refractivity contribution >= 4 is 33.1 Å². The standard InChI is InChI=1S/C23H18N4O2S/c1-16-7-9-17(10-8-16)19-14-30-22-21(19)23(29)26(15-25-22)13-20(28)27(12-11-24)18-5-3-2-4-6-18/h2-10,14-15H,12-13H2,1H3. The molecule has 0 spiro atoms. The predicted octanol–water partition coefficient (Wildman–Crippen LogP) is 3.99. The third-order valence-electron chi connectivity index (χ3n) is 4.83. The Morgan fingerprint density at radius 1 is 1.17 bits per heavy atom. The van der Waals surface area contributed by atoms with Crippen LogP contribution in [-0.2, 0) is 11.3 Å². The fourth-order valence-electron chi connectivity index (χ4n) is 3.26. The van der Waals surface area contributed by atoms with E-state index in [1.807, 2.05) is 48.7 Å². The Hall–Kier alpha value is -3.76. The van der Waals surface area contributed by atoms with Crippen molar-refractivity contribution in [2.45, 2.75) is 13.5 Å². The molecular formula is C23H18N4O2S. The molecule has 0 N–H and O–H groups in total. The molecule has 0 aliphatic rings. The van der Waals surface area contributed by atoms with Crippen LogP contribution in [0.2, 0.25) is 0 Å². The summed E-state index contributed by atoms with van der Waals surface area (Å²) in [4.78, 5) is 32.5. The molecule has 0 atom stereocenters. The van der Waals surface area contributed by atoms with Crippen LogP contribution < -0.4 is 10.5 Å². The van der Waals surface area contributed by atoms with Crippen molar-refractivity contribution in [2.75, 3.05) is 11.4 Å². The summed E-state index contributed by atoms with van der Waals surface area (Å²) in [6, 6.07) is 18.9. The zero-order valence-electron chi connectivity index (χ0n) is 16.3. The molecule has 1 amide bonds. The number of para-hydroxylation sites is 1. The number of carbonyl (C=O) groups is 1. The first-order chi connectivity index (χ1) is 14.6. The van der Waals surface area contributed by atoms with E-state index in [4.69, 9.17) is 5.26 Å². The van der Waals surface area contributed by atoms with Gasteiger partial charge in [0.2, 0.25) is 5.91 Å². The zero-order chi connectivity index (χ0) is 21.1. The van der Waals surface area contributed by atoms with E-state index in [9.17, 15) is 9.59 Å². The molecule has 2 aromatic carbocycles. The summed E-state index contributed by atoms with van der Waals surface area (Å²) >= 11 is 1.40. The molecule has 0 bridgehead atoms. The smallest absolute Gasteiger partial charge is 0.263 e. The first-order valence-corrected chi connectivity index (χ1v) is 10.2. The first-order valence-electron chi connectivity index (χ1n) is 9.34. The van der Waals surface area contributed by atoms with Crippen LogP contribution >= 0.6 is 11.3 Å². The molecule has 4 rings (SSSR count). The number of rotatable bonds is 5.